The second-order valence-corrected chi connectivity index (χ2v) is 7.49. The Morgan fingerprint density at radius 2 is 2.12 bits per heavy atom. The molecule has 0 aromatic heterocycles. The second kappa shape index (κ2) is 7.69. The fourth-order valence-corrected chi connectivity index (χ4v) is 3.42. The molecular weight excluding hydrogens is 361 g/mol. The minimum Gasteiger partial charge on any atom is -0.490 e. The van der Waals surface area contributed by atoms with Crippen LogP contribution in [0.4, 0.5) is 4.39 Å². The molecule has 3 rings (SSSR count). The molecule has 1 aromatic rings. The Morgan fingerprint density at radius 1 is 1.31 bits per heavy atom. The highest BCUT2D eigenvalue weighted by atomic mass is 32.2. The molecular formula is C17H18FN3O4S. The molecule has 2 heterocycles. The van der Waals surface area contributed by atoms with Crippen molar-refractivity contribution < 1.29 is 22.3 Å². The highest BCUT2D eigenvalue weighted by Crippen LogP contribution is 2.16. The van der Waals surface area contributed by atoms with Crippen molar-refractivity contribution in [3.05, 3.63) is 54.0 Å². The van der Waals surface area contributed by atoms with Crippen molar-refractivity contribution >= 4 is 21.8 Å². The molecule has 0 bridgehead atoms. The van der Waals surface area contributed by atoms with E-state index in [0.717, 1.165) is 0 Å². The minimum atomic E-state index is -3.41. The van der Waals surface area contributed by atoms with E-state index in [0.29, 0.717) is 24.4 Å². The number of halogens is 1. The Labute approximate surface area is 150 Å². The van der Waals surface area contributed by atoms with Crippen LogP contribution in [0.15, 0.2) is 52.6 Å². The number of nitrogens with zero attached hydrogens (tertiary/aromatic N) is 2. The van der Waals surface area contributed by atoms with Crippen LogP contribution >= 0.6 is 0 Å². The number of ether oxygens (including phenoxy) is 1. The third kappa shape index (κ3) is 4.48. The van der Waals surface area contributed by atoms with Gasteiger partial charge in [0, 0.05) is 19.3 Å². The van der Waals surface area contributed by atoms with Gasteiger partial charge in [-0.3, -0.25) is 4.79 Å². The summed E-state index contributed by atoms with van der Waals surface area (Å²) >= 11 is 0. The molecule has 0 spiro atoms. The molecule has 0 saturated carbocycles. The van der Waals surface area contributed by atoms with Gasteiger partial charge in [0.1, 0.15) is 5.84 Å². The summed E-state index contributed by atoms with van der Waals surface area (Å²) in [6, 6.07) is 6.14. The summed E-state index contributed by atoms with van der Waals surface area (Å²) in [5.41, 5.74) is 0.415. The van der Waals surface area contributed by atoms with E-state index in [-0.39, 0.29) is 30.6 Å². The predicted molar refractivity (Wildman–Crippen MR) is 94.7 cm³/mol. The molecule has 0 unspecified atom stereocenters. The van der Waals surface area contributed by atoms with Gasteiger partial charge in [-0.2, -0.15) is 0 Å². The van der Waals surface area contributed by atoms with Crippen LogP contribution in [0.25, 0.3) is 0 Å². The fraction of sp³-hybridized carbons (Fsp3) is 0.294. The quantitative estimate of drug-likeness (QED) is 0.751. The molecule has 9 heteroatoms. The van der Waals surface area contributed by atoms with Gasteiger partial charge in [-0.15, -0.1) is 4.40 Å². The van der Waals surface area contributed by atoms with Crippen LogP contribution < -0.4 is 10.1 Å². The molecule has 0 atom stereocenters. The first-order valence-corrected chi connectivity index (χ1v) is 9.70. The lowest BCUT2D eigenvalue weighted by Gasteiger charge is -2.26. The summed E-state index contributed by atoms with van der Waals surface area (Å²) in [4.78, 5) is 13.8. The average Bonchev–Trinajstić information content (AvgIpc) is 2.61. The average molecular weight is 379 g/mol. The highest BCUT2D eigenvalue weighted by Gasteiger charge is 2.24. The van der Waals surface area contributed by atoms with Gasteiger partial charge in [-0.1, -0.05) is 12.1 Å². The van der Waals surface area contributed by atoms with Crippen LogP contribution in [0.3, 0.4) is 0 Å². The number of fused-ring (bicyclic) bond motifs is 1. The zero-order valence-corrected chi connectivity index (χ0v) is 14.7. The summed E-state index contributed by atoms with van der Waals surface area (Å²) in [7, 11) is -3.41. The summed E-state index contributed by atoms with van der Waals surface area (Å²) in [5, 5.41) is 2.75. The van der Waals surface area contributed by atoms with Crippen molar-refractivity contribution in [3.8, 4) is 5.75 Å². The third-order valence-electron chi connectivity index (χ3n) is 3.79. The van der Waals surface area contributed by atoms with E-state index in [9.17, 15) is 17.6 Å². The molecule has 138 valence electrons. The second-order valence-electron chi connectivity index (χ2n) is 5.74. The summed E-state index contributed by atoms with van der Waals surface area (Å²) < 4.78 is 45.3. The number of carbonyl (C=O) groups excluding carboxylic acids is 1. The van der Waals surface area contributed by atoms with Gasteiger partial charge < -0.3 is 15.0 Å². The van der Waals surface area contributed by atoms with E-state index in [4.69, 9.17) is 4.74 Å². The summed E-state index contributed by atoms with van der Waals surface area (Å²) in [6.45, 7) is 0.906. The lowest BCUT2D eigenvalue weighted by Crippen LogP contribution is -2.38. The Balaban J connectivity index is 1.45. The van der Waals surface area contributed by atoms with Crippen molar-refractivity contribution in [1.29, 1.82) is 0 Å². The van der Waals surface area contributed by atoms with Crippen LogP contribution in [0, 0.1) is 5.82 Å². The number of para-hydroxylation sites is 1. The number of hydrogen-bond acceptors (Lipinski definition) is 5. The fourth-order valence-electron chi connectivity index (χ4n) is 2.46. The Hall–Kier alpha value is -2.68. The van der Waals surface area contributed by atoms with Crippen LogP contribution in [-0.2, 0) is 14.8 Å². The Kier molecular flexibility index (Phi) is 5.36. The summed E-state index contributed by atoms with van der Waals surface area (Å²) in [5.74, 6) is -0.285. The van der Waals surface area contributed by atoms with Gasteiger partial charge in [0.25, 0.3) is 15.9 Å². The molecule has 26 heavy (non-hydrogen) atoms. The number of benzene rings is 1. The number of hydrogen-bond donors (Lipinski definition) is 1. The SMILES string of the molecule is O=C(NCCCOc1ccccc1F)C1=CN2CCS(=O)(=O)N=C2C=C1. The van der Waals surface area contributed by atoms with Gasteiger partial charge in [-0.05, 0) is 30.7 Å². The molecule has 0 saturated heterocycles. The number of amidine groups is 1. The maximum absolute atomic E-state index is 13.4. The van der Waals surface area contributed by atoms with E-state index in [1.165, 1.54) is 18.2 Å². The van der Waals surface area contributed by atoms with Gasteiger partial charge in [0.15, 0.2) is 11.6 Å². The van der Waals surface area contributed by atoms with Gasteiger partial charge in [0.2, 0.25) is 0 Å². The van der Waals surface area contributed by atoms with Gasteiger partial charge >= 0.3 is 0 Å². The number of rotatable bonds is 6. The van der Waals surface area contributed by atoms with E-state index >= 15 is 0 Å². The first-order chi connectivity index (χ1) is 12.4. The minimum absolute atomic E-state index is 0.0802. The Morgan fingerprint density at radius 3 is 2.92 bits per heavy atom. The van der Waals surface area contributed by atoms with Crippen molar-refractivity contribution in [2.45, 2.75) is 6.42 Å². The largest absolute Gasteiger partial charge is 0.490 e. The van der Waals surface area contributed by atoms with E-state index < -0.39 is 15.8 Å². The van der Waals surface area contributed by atoms with Gasteiger partial charge in [0.05, 0.1) is 17.9 Å². The van der Waals surface area contributed by atoms with E-state index in [1.54, 1.807) is 29.3 Å². The topological polar surface area (TPSA) is 88.1 Å². The molecule has 2 aliphatic heterocycles. The van der Waals surface area contributed by atoms with Crippen molar-refractivity contribution in [3.63, 3.8) is 0 Å². The molecule has 0 aliphatic carbocycles. The van der Waals surface area contributed by atoms with Crippen LogP contribution in [0.2, 0.25) is 0 Å². The zero-order valence-electron chi connectivity index (χ0n) is 13.9. The number of amides is 1. The number of sulfonamides is 1. The smallest absolute Gasteiger partial charge is 0.256 e. The van der Waals surface area contributed by atoms with Crippen molar-refractivity contribution in [2.24, 2.45) is 4.40 Å². The standard InChI is InChI=1S/C17H18FN3O4S/c18-14-4-1-2-5-15(14)25-10-3-8-19-17(22)13-6-7-16-20-26(23,24)11-9-21(16)12-13/h1-2,4-7,12H,3,8-11H2,(H,19,22). The molecule has 1 N–H and O–H groups in total. The van der Waals surface area contributed by atoms with Crippen LogP contribution in [-0.4, -0.2) is 50.5 Å². The van der Waals surface area contributed by atoms with Crippen LogP contribution in [0.5, 0.6) is 5.75 Å². The molecule has 7 nitrogen and oxygen atoms in total. The number of nitrogens with one attached hydrogen (secondary N) is 1. The normalized spacial score (nSPS) is 17.8. The molecule has 1 aromatic carbocycles. The molecule has 0 radical (unpaired) electrons. The lowest BCUT2D eigenvalue weighted by atomic mass is 10.2. The summed E-state index contributed by atoms with van der Waals surface area (Å²) in [6.07, 6.45) is 5.14. The van der Waals surface area contributed by atoms with Gasteiger partial charge in [-0.25, -0.2) is 12.8 Å². The predicted octanol–water partition coefficient (Wildman–Crippen LogP) is 1.21. The first-order valence-electron chi connectivity index (χ1n) is 8.09. The first kappa shape index (κ1) is 18.1. The maximum atomic E-state index is 13.4. The highest BCUT2D eigenvalue weighted by molar-refractivity contribution is 7.90. The van der Waals surface area contributed by atoms with Crippen molar-refractivity contribution in [1.82, 2.24) is 10.2 Å². The molecule has 2 aliphatic rings. The molecule has 1 amide bonds. The number of carbonyl (C=O) groups is 1. The third-order valence-corrected chi connectivity index (χ3v) is 4.95. The van der Waals surface area contributed by atoms with Crippen molar-refractivity contribution in [2.75, 3.05) is 25.4 Å². The lowest BCUT2D eigenvalue weighted by molar-refractivity contribution is -0.117. The van der Waals surface area contributed by atoms with E-state index in [1.807, 2.05) is 0 Å². The molecule has 0 fully saturated rings. The zero-order chi connectivity index (χ0) is 18.6. The maximum Gasteiger partial charge on any atom is 0.256 e. The monoisotopic (exact) mass is 379 g/mol. The Bertz CT molecular complexity index is 893. The van der Waals surface area contributed by atoms with E-state index in [2.05, 4.69) is 9.71 Å². The van der Waals surface area contributed by atoms with Crippen LogP contribution in [0.1, 0.15) is 6.42 Å².